The second-order valence-corrected chi connectivity index (χ2v) is 5.40. The summed E-state index contributed by atoms with van der Waals surface area (Å²) in [6.45, 7) is 6.68. The molecule has 0 unspecified atom stereocenters. The second kappa shape index (κ2) is 7.82. The lowest BCUT2D eigenvalue weighted by Crippen LogP contribution is -2.38. The van der Waals surface area contributed by atoms with Crippen LogP contribution in [0.25, 0.3) is 0 Å². The number of anilines is 3. The first-order chi connectivity index (χ1) is 10.7. The molecule has 0 aromatic carbocycles. The molecule has 0 amide bonds. The van der Waals surface area contributed by atoms with Crippen molar-refractivity contribution in [3.05, 3.63) is 6.33 Å². The van der Waals surface area contributed by atoms with Gasteiger partial charge >= 0.3 is 5.97 Å². The molecule has 122 valence electrons. The van der Waals surface area contributed by atoms with E-state index in [2.05, 4.69) is 27.1 Å². The summed E-state index contributed by atoms with van der Waals surface area (Å²) in [5.41, 5.74) is 6.75. The molecule has 1 aliphatic rings. The minimum absolute atomic E-state index is 0.0167. The Kier molecular flexibility index (Phi) is 5.80. The van der Waals surface area contributed by atoms with Crippen LogP contribution in [0.15, 0.2) is 6.33 Å². The van der Waals surface area contributed by atoms with E-state index < -0.39 is 0 Å². The third kappa shape index (κ3) is 3.78. The van der Waals surface area contributed by atoms with Crippen LogP contribution in [0, 0.1) is 5.92 Å². The minimum Gasteiger partial charge on any atom is -0.466 e. The zero-order valence-corrected chi connectivity index (χ0v) is 13.3. The highest BCUT2D eigenvalue weighted by Crippen LogP contribution is 2.29. The molecule has 1 saturated heterocycles. The van der Waals surface area contributed by atoms with Crippen molar-refractivity contribution in [2.45, 2.75) is 33.1 Å². The number of piperidine rings is 1. The number of ether oxygens (including phenoxy) is 1. The lowest BCUT2D eigenvalue weighted by Gasteiger charge is -2.32. The molecule has 7 heteroatoms. The van der Waals surface area contributed by atoms with Gasteiger partial charge in [-0.15, -0.1) is 0 Å². The van der Waals surface area contributed by atoms with Crippen molar-refractivity contribution < 1.29 is 9.53 Å². The number of hydrogen-bond acceptors (Lipinski definition) is 7. The molecule has 2 rings (SSSR count). The maximum atomic E-state index is 11.8. The first-order valence-corrected chi connectivity index (χ1v) is 7.93. The van der Waals surface area contributed by atoms with Gasteiger partial charge in [-0.05, 0) is 26.2 Å². The van der Waals surface area contributed by atoms with E-state index in [0.717, 1.165) is 44.7 Å². The Labute approximate surface area is 131 Å². The molecule has 0 spiro atoms. The number of esters is 1. The zero-order chi connectivity index (χ0) is 15.9. The van der Waals surface area contributed by atoms with Crippen molar-refractivity contribution in [2.75, 3.05) is 42.2 Å². The van der Waals surface area contributed by atoms with Crippen LogP contribution in [0.2, 0.25) is 0 Å². The van der Waals surface area contributed by atoms with E-state index in [1.54, 1.807) is 0 Å². The van der Waals surface area contributed by atoms with Gasteiger partial charge < -0.3 is 20.7 Å². The Hall–Kier alpha value is -2.05. The molecule has 1 aliphatic heterocycles. The SMILES string of the molecule is CCCNc1ncnc(N2CCC(C(=O)OCC)CC2)c1N. The molecule has 1 aromatic rings. The Morgan fingerprint density at radius 3 is 2.77 bits per heavy atom. The maximum Gasteiger partial charge on any atom is 0.309 e. The summed E-state index contributed by atoms with van der Waals surface area (Å²) in [5, 5.41) is 3.21. The van der Waals surface area contributed by atoms with Crippen LogP contribution in [0.3, 0.4) is 0 Å². The van der Waals surface area contributed by atoms with E-state index >= 15 is 0 Å². The fraction of sp³-hybridized carbons (Fsp3) is 0.667. The number of carbonyl (C=O) groups excluding carboxylic acids is 1. The molecular weight excluding hydrogens is 282 g/mol. The number of rotatable bonds is 6. The zero-order valence-electron chi connectivity index (χ0n) is 13.3. The van der Waals surface area contributed by atoms with Gasteiger partial charge in [-0.1, -0.05) is 6.92 Å². The smallest absolute Gasteiger partial charge is 0.309 e. The van der Waals surface area contributed by atoms with Gasteiger partial charge in [-0.3, -0.25) is 4.79 Å². The number of hydrogen-bond donors (Lipinski definition) is 2. The predicted molar refractivity (Wildman–Crippen MR) is 86.8 cm³/mol. The summed E-state index contributed by atoms with van der Waals surface area (Å²) in [6.07, 6.45) is 4.06. The van der Waals surface area contributed by atoms with Gasteiger partial charge in [-0.2, -0.15) is 0 Å². The number of aromatic nitrogens is 2. The Morgan fingerprint density at radius 2 is 2.14 bits per heavy atom. The normalized spacial score (nSPS) is 15.6. The van der Waals surface area contributed by atoms with Gasteiger partial charge in [0.25, 0.3) is 0 Å². The molecule has 1 aromatic heterocycles. The van der Waals surface area contributed by atoms with E-state index in [-0.39, 0.29) is 11.9 Å². The molecule has 0 atom stereocenters. The quantitative estimate of drug-likeness (QED) is 0.772. The van der Waals surface area contributed by atoms with Crippen LogP contribution in [-0.2, 0) is 9.53 Å². The van der Waals surface area contributed by atoms with Crippen molar-refractivity contribution in [2.24, 2.45) is 5.92 Å². The highest BCUT2D eigenvalue weighted by molar-refractivity contribution is 5.76. The number of nitrogens with two attached hydrogens (primary N) is 1. The summed E-state index contributed by atoms with van der Waals surface area (Å²) >= 11 is 0. The van der Waals surface area contributed by atoms with E-state index in [9.17, 15) is 4.79 Å². The lowest BCUT2D eigenvalue weighted by molar-refractivity contribution is -0.148. The van der Waals surface area contributed by atoms with Gasteiger partial charge in [0.1, 0.15) is 12.0 Å². The monoisotopic (exact) mass is 307 g/mol. The summed E-state index contributed by atoms with van der Waals surface area (Å²) in [5.74, 6) is 1.32. The predicted octanol–water partition coefficient (Wildman–Crippen LogP) is 1.66. The van der Waals surface area contributed by atoms with Gasteiger partial charge in [0.05, 0.1) is 12.5 Å². The van der Waals surface area contributed by atoms with Crippen LogP contribution < -0.4 is 16.0 Å². The van der Waals surface area contributed by atoms with Crippen molar-refractivity contribution >= 4 is 23.3 Å². The Morgan fingerprint density at radius 1 is 1.41 bits per heavy atom. The third-order valence-electron chi connectivity index (χ3n) is 3.82. The van der Waals surface area contributed by atoms with Crippen molar-refractivity contribution in [3.8, 4) is 0 Å². The summed E-state index contributed by atoms with van der Waals surface area (Å²) in [7, 11) is 0. The van der Waals surface area contributed by atoms with Crippen molar-refractivity contribution in [1.29, 1.82) is 0 Å². The van der Waals surface area contributed by atoms with E-state index in [4.69, 9.17) is 10.5 Å². The van der Waals surface area contributed by atoms with Crippen LogP contribution >= 0.6 is 0 Å². The van der Waals surface area contributed by atoms with E-state index in [1.807, 2.05) is 6.92 Å². The molecular formula is C15H25N5O2. The maximum absolute atomic E-state index is 11.8. The highest BCUT2D eigenvalue weighted by Gasteiger charge is 2.27. The fourth-order valence-electron chi connectivity index (χ4n) is 2.61. The summed E-state index contributed by atoms with van der Waals surface area (Å²) in [4.78, 5) is 22.4. The fourth-order valence-corrected chi connectivity index (χ4v) is 2.61. The van der Waals surface area contributed by atoms with E-state index in [0.29, 0.717) is 18.1 Å². The first-order valence-electron chi connectivity index (χ1n) is 7.93. The van der Waals surface area contributed by atoms with Gasteiger partial charge in [0, 0.05) is 19.6 Å². The molecule has 0 radical (unpaired) electrons. The molecule has 3 N–H and O–H groups in total. The first kappa shape index (κ1) is 16.3. The highest BCUT2D eigenvalue weighted by atomic mass is 16.5. The van der Waals surface area contributed by atoms with Crippen LogP contribution in [-0.4, -0.2) is 42.2 Å². The van der Waals surface area contributed by atoms with Gasteiger partial charge in [-0.25, -0.2) is 9.97 Å². The molecule has 0 bridgehead atoms. The third-order valence-corrected chi connectivity index (χ3v) is 3.82. The summed E-state index contributed by atoms with van der Waals surface area (Å²) in [6, 6.07) is 0. The Balaban J connectivity index is 2.00. The number of carbonyl (C=O) groups is 1. The van der Waals surface area contributed by atoms with Crippen LogP contribution in [0.5, 0.6) is 0 Å². The van der Waals surface area contributed by atoms with Gasteiger partial charge in [0.2, 0.25) is 0 Å². The molecule has 2 heterocycles. The van der Waals surface area contributed by atoms with Crippen molar-refractivity contribution in [3.63, 3.8) is 0 Å². The number of nitrogens with zero attached hydrogens (tertiary/aromatic N) is 3. The second-order valence-electron chi connectivity index (χ2n) is 5.40. The molecule has 0 aliphatic carbocycles. The van der Waals surface area contributed by atoms with Crippen molar-refractivity contribution in [1.82, 2.24) is 9.97 Å². The Bertz CT molecular complexity index is 501. The summed E-state index contributed by atoms with van der Waals surface area (Å²) < 4.78 is 5.09. The average Bonchev–Trinajstić information content (AvgIpc) is 2.54. The standard InChI is InChI=1S/C15H25N5O2/c1-3-7-17-13-12(16)14(19-10-18-13)20-8-5-11(6-9-20)15(21)22-4-2/h10-11H,3-9,16H2,1-2H3,(H,17,18,19). The van der Waals surface area contributed by atoms with Gasteiger partial charge in [0.15, 0.2) is 11.6 Å². The number of nitrogens with one attached hydrogen (secondary N) is 1. The molecule has 0 saturated carbocycles. The topological polar surface area (TPSA) is 93.4 Å². The van der Waals surface area contributed by atoms with Crippen LogP contribution in [0.4, 0.5) is 17.3 Å². The molecule has 22 heavy (non-hydrogen) atoms. The average molecular weight is 307 g/mol. The largest absolute Gasteiger partial charge is 0.466 e. The van der Waals surface area contributed by atoms with Crippen LogP contribution in [0.1, 0.15) is 33.1 Å². The minimum atomic E-state index is -0.0943. The van der Waals surface area contributed by atoms with E-state index in [1.165, 1.54) is 6.33 Å². The lowest BCUT2D eigenvalue weighted by atomic mass is 9.97. The molecule has 7 nitrogen and oxygen atoms in total. The number of nitrogen functional groups attached to an aromatic ring is 1. The molecule has 1 fully saturated rings.